The molecule has 0 bridgehead atoms. The van der Waals surface area contributed by atoms with Gasteiger partial charge in [-0.25, -0.2) is 4.73 Å². The number of aromatic nitrogens is 3. The molecule has 8 nitrogen and oxygen atoms in total. The van der Waals surface area contributed by atoms with Crippen LogP contribution in [0.25, 0.3) is 11.1 Å². The van der Waals surface area contributed by atoms with E-state index >= 15 is 0 Å². The second-order valence-electron chi connectivity index (χ2n) is 8.85. The Labute approximate surface area is 187 Å². The lowest BCUT2D eigenvalue weighted by Crippen LogP contribution is -2.48. The van der Waals surface area contributed by atoms with Gasteiger partial charge in [0, 0.05) is 36.6 Å². The molecule has 3 heterocycles. The molecule has 0 radical (unpaired) electrons. The number of nitrogens with one attached hydrogen (secondary N) is 1. The largest absolute Gasteiger partial charge is 0.711 e. The maximum Gasteiger partial charge on any atom is 0.336 e. The van der Waals surface area contributed by atoms with Crippen LogP contribution in [0.1, 0.15) is 37.9 Å². The molecule has 1 aliphatic rings. The minimum absolute atomic E-state index is 0.198. The molecule has 1 aliphatic heterocycles. The number of pyridine rings is 1. The van der Waals surface area contributed by atoms with E-state index in [1.165, 1.54) is 6.20 Å². The predicted molar refractivity (Wildman–Crippen MR) is 119 cm³/mol. The summed E-state index contributed by atoms with van der Waals surface area (Å²) in [5, 5.41) is 15.1. The fourth-order valence-corrected chi connectivity index (χ4v) is 3.90. The number of benzene rings is 1. The van der Waals surface area contributed by atoms with Gasteiger partial charge in [0.1, 0.15) is 24.4 Å². The van der Waals surface area contributed by atoms with Crippen molar-refractivity contribution in [2.75, 3.05) is 13.2 Å². The molecule has 166 valence electrons. The summed E-state index contributed by atoms with van der Waals surface area (Å²) in [6.45, 7) is 7.13. The van der Waals surface area contributed by atoms with Gasteiger partial charge in [0.15, 0.2) is 0 Å². The first-order chi connectivity index (χ1) is 15.3. The van der Waals surface area contributed by atoms with Gasteiger partial charge in [-0.05, 0) is 42.9 Å². The smallest absolute Gasteiger partial charge is 0.336 e. The summed E-state index contributed by atoms with van der Waals surface area (Å²) in [6, 6.07) is 11.3. The number of carbonyl (C=O) groups is 1. The first-order valence-electron chi connectivity index (χ1n) is 10.6. The van der Waals surface area contributed by atoms with Crippen molar-refractivity contribution in [3.63, 3.8) is 0 Å². The summed E-state index contributed by atoms with van der Waals surface area (Å²) >= 11 is 0. The first-order valence-corrected chi connectivity index (χ1v) is 10.6. The Bertz CT molecular complexity index is 1100. The van der Waals surface area contributed by atoms with Crippen LogP contribution in [0.4, 0.5) is 0 Å². The maximum atomic E-state index is 13.4. The molecule has 8 heteroatoms. The minimum Gasteiger partial charge on any atom is -0.711 e. The van der Waals surface area contributed by atoms with Gasteiger partial charge < -0.3 is 15.3 Å². The van der Waals surface area contributed by atoms with E-state index in [1.807, 2.05) is 68.3 Å². The Balaban J connectivity index is 1.75. The summed E-state index contributed by atoms with van der Waals surface area (Å²) < 4.78 is 6.41. The third-order valence-corrected chi connectivity index (χ3v) is 5.19. The summed E-state index contributed by atoms with van der Waals surface area (Å²) in [5.74, 6) is 0.116. The number of fused-ring (bicyclic) bond motifs is 1. The molecule has 1 N–H and O–H groups in total. The lowest BCUT2D eigenvalue weighted by Gasteiger charge is -2.31. The molecule has 1 amide bonds. The zero-order valence-electron chi connectivity index (χ0n) is 18.5. The van der Waals surface area contributed by atoms with Gasteiger partial charge in [-0.1, -0.05) is 30.3 Å². The normalized spacial score (nSPS) is 16.5. The van der Waals surface area contributed by atoms with Crippen LogP contribution in [-0.2, 0) is 11.3 Å². The van der Waals surface area contributed by atoms with Gasteiger partial charge in [0.2, 0.25) is 5.91 Å². The fraction of sp³-hybridized carbons (Fsp3) is 0.333. The SMILES string of the molecule is CC(C)(C)NC(=O)C1c2c[n+]([O-])cnc2OCCN1Cc1ccccc1-c1cccnc1. The number of hydrogen-bond acceptors (Lipinski definition) is 6. The number of carbonyl (C=O) groups excluding carboxylic acids is 1. The summed E-state index contributed by atoms with van der Waals surface area (Å²) in [7, 11) is 0. The highest BCUT2D eigenvalue weighted by atomic mass is 16.5. The fourth-order valence-electron chi connectivity index (χ4n) is 3.90. The van der Waals surface area contributed by atoms with Crippen LogP contribution in [0, 0.1) is 5.21 Å². The van der Waals surface area contributed by atoms with Crippen molar-refractivity contribution < 1.29 is 14.3 Å². The molecular formula is C24H27N5O3. The maximum absolute atomic E-state index is 13.4. The van der Waals surface area contributed by atoms with Crippen molar-refractivity contribution in [2.45, 2.75) is 38.9 Å². The van der Waals surface area contributed by atoms with Crippen molar-refractivity contribution in [1.29, 1.82) is 0 Å². The van der Waals surface area contributed by atoms with E-state index in [0.717, 1.165) is 23.0 Å². The number of amides is 1. The van der Waals surface area contributed by atoms with E-state index < -0.39 is 11.6 Å². The van der Waals surface area contributed by atoms with Crippen LogP contribution < -0.4 is 14.8 Å². The highest BCUT2D eigenvalue weighted by Gasteiger charge is 2.37. The summed E-state index contributed by atoms with van der Waals surface area (Å²) in [4.78, 5) is 23.8. The molecule has 1 atom stereocenters. The Morgan fingerprint density at radius 1 is 1.28 bits per heavy atom. The van der Waals surface area contributed by atoms with Gasteiger partial charge >= 0.3 is 5.88 Å². The highest BCUT2D eigenvalue weighted by Crippen LogP contribution is 2.33. The molecule has 0 saturated carbocycles. The van der Waals surface area contributed by atoms with Crippen molar-refractivity contribution in [3.05, 3.63) is 77.7 Å². The zero-order valence-corrected chi connectivity index (χ0v) is 18.5. The third-order valence-electron chi connectivity index (χ3n) is 5.19. The van der Waals surface area contributed by atoms with E-state index in [-0.39, 0.29) is 5.91 Å². The van der Waals surface area contributed by atoms with Crippen LogP contribution in [0.2, 0.25) is 0 Å². The summed E-state index contributed by atoms with van der Waals surface area (Å²) in [6.07, 6.45) is 6.09. The Morgan fingerprint density at radius 2 is 2.09 bits per heavy atom. The molecular weight excluding hydrogens is 406 g/mol. The number of nitrogens with zero attached hydrogens (tertiary/aromatic N) is 4. The average Bonchev–Trinajstić information content (AvgIpc) is 2.92. The van der Waals surface area contributed by atoms with Gasteiger partial charge in [0.25, 0.3) is 6.33 Å². The monoisotopic (exact) mass is 433 g/mol. The predicted octanol–water partition coefficient (Wildman–Crippen LogP) is 2.63. The Hall–Kier alpha value is -3.52. The van der Waals surface area contributed by atoms with Crippen molar-refractivity contribution >= 4 is 5.91 Å². The second-order valence-corrected chi connectivity index (χ2v) is 8.85. The molecule has 0 saturated heterocycles. The molecule has 1 aromatic carbocycles. The Kier molecular flexibility index (Phi) is 6.05. The van der Waals surface area contributed by atoms with Crippen LogP contribution in [-0.4, -0.2) is 39.5 Å². The molecule has 1 unspecified atom stereocenters. The van der Waals surface area contributed by atoms with E-state index in [9.17, 15) is 10.0 Å². The van der Waals surface area contributed by atoms with E-state index in [1.54, 1.807) is 6.20 Å². The Morgan fingerprint density at radius 3 is 2.84 bits per heavy atom. The van der Waals surface area contributed by atoms with Crippen LogP contribution in [0.5, 0.6) is 5.88 Å². The van der Waals surface area contributed by atoms with E-state index in [2.05, 4.69) is 15.3 Å². The first kappa shape index (κ1) is 21.7. The molecule has 0 fully saturated rings. The van der Waals surface area contributed by atoms with Gasteiger partial charge in [-0.15, -0.1) is 0 Å². The van der Waals surface area contributed by atoms with Crippen LogP contribution in [0.15, 0.2) is 61.3 Å². The average molecular weight is 434 g/mol. The van der Waals surface area contributed by atoms with Crippen LogP contribution >= 0.6 is 0 Å². The van der Waals surface area contributed by atoms with E-state index in [0.29, 0.717) is 35.9 Å². The van der Waals surface area contributed by atoms with Crippen molar-refractivity contribution in [1.82, 2.24) is 20.2 Å². The van der Waals surface area contributed by atoms with Crippen molar-refractivity contribution in [2.24, 2.45) is 0 Å². The van der Waals surface area contributed by atoms with Crippen LogP contribution in [0.3, 0.4) is 0 Å². The van der Waals surface area contributed by atoms with Gasteiger partial charge in [-0.3, -0.25) is 14.7 Å². The van der Waals surface area contributed by atoms with Gasteiger partial charge in [-0.2, -0.15) is 0 Å². The topological polar surface area (TPSA) is 94.3 Å². The molecule has 32 heavy (non-hydrogen) atoms. The molecule has 0 spiro atoms. The molecule has 3 aromatic rings. The lowest BCUT2D eigenvalue weighted by molar-refractivity contribution is -0.609. The zero-order chi connectivity index (χ0) is 22.7. The highest BCUT2D eigenvalue weighted by molar-refractivity contribution is 5.84. The molecule has 4 rings (SSSR count). The lowest BCUT2D eigenvalue weighted by atomic mass is 9.99. The minimum atomic E-state index is -0.720. The quantitative estimate of drug-likeness (QED) is 0.502. The molecule has 0 aliphatic carbocycles. The van der Waals surface area contributed by atoms with E-state index in [4.69, 9.17) is 4.74 Å². The second kappa shape index (κ2) is 8.92. The molecule has 2 aromatic heterocycles. The summed E-state index contributed by atoms with van der Waals surface area (Å²) in [5.41, 5.74) is 3.13. The third kappa shape index (κ3) is 4.86. The van der Waals surface area contributed by atoms with Gasteiger partial charge in [0.05, 0.1) is 0 Å². The standard InChI is InChI=1S/C24H27N5O3/c1-24(2,3)27-22(30)21-20-15-29(31)16-26-23(20)32-12-11-28(21)14-18-7-4-5-9-19(18)17-8-6-10-25-13-17/h4-10,13,15-16,21H,11-12,14H2,1-3H3,(H,27,30). The number of rotatable bonds is 4. The number of ether oxygens (including phenoxy) is 1. The van der Waals surface area contributed by atoms with Crippen molar-refractivity contribution in [3.8, 4) is 17.0 Å². The number of hydrogen-bond donors (Lipinski definition) is 1.